The Morgan fingerprint density at radius 2 is 1.46 bits per heavy atom. The van der Waals surface area contributed by atoms with Crippen molar-refractivity contribution in [2.75, 3.05) is 11.9 Å². The van der Waals surface area contributed by atoms with Gasteiger partial charge >= 0.3 is 24.4 Å². The lowest BCUT2D eigenvalue weighted by molar-refractivity contribution is -0.143. The Balaban J connectivity index is 1.47. The number of alkyl halides is 6. The summed E-state index contributed by atoms with van der Waals surface area (Å²) in [6.07, 6.45) is -11.9. The van der Waals surface area contributed by atoms with Crippen molar-refractivity contribution >= 4 is 45.6 Å². The van der Waals surface area contributed by atoms with Gasteiger partial charge in [-0.05, 0) is 66.2 Å². The van der Waals surface area contributed by atoms with Crippen LogP contribution < -0.4 is 15.4 Å². The van der Waals surface area contributed by atoms with Crippen molar-refractivity contribution in [2.24, 2.45) is 0 Å². The highest BCUT2D eigenvalue weighted by Crippen LogP contribution is 2.40. The molecule has 46 heavy (non-hydrogen) atoms. The highest BCUT2D eigenvalue weighted by Gasteiger charge is 2.37. The van der Waals surface area contributed by atoms with Crippen LogP contribution in [-0.4, -0.2) is 29.6 Å². The fraction of sp³-hybridized carbons (Fsp3) is 0.156. The fourth-order valence-corrected chi connectivity index (χ4v) is 4.80. The number of carboxylic acid groups (broad SMARTS) is 1. The van der Waals surface area contributed by atoms with E-state index in [1.54, 1.807) is 24.3 Å². The van der Waals surface area contributed by atoms with E-state index in [1.165, 1.54) is 36.4 Å². The maximum absolute atomic E-state index is 13.6. The Labute approximate surface area is 255 Å². The van der Waals surface area contributed by atoms with E-state index in [0.29, 0.717) is 28.5 Å². The smallest absolute Gasteiger partial charge is 0.417 e. The second kappa shape index (κ2) is 12.5. The number of ether oxygens (including phenoxy) is 1. The van der Waals surface area contributed by atoms with Crippen LogP contribution in [0.1, 0.15) is 39.0 Å². The van der Waals surface area contributed by atoms with Crippen LogP contribution in [0, 0.1) is 0 Å². The number of hydrogen-bond acceptors (Lipinski definition) is 5. The summed E-state index contributed by atoms with van der Waals surface area (Å²) in [4.78, 5) is 35.7. The van der Waals surface area contributed by atoms with E-state index in [1.807, 2.05) is 0 Å². The number of nitrogens with one attached hydrogen (secondary N) is 2. The molecule has 0 spiro atoms. The number of halogens is 6. The molecular weight excluding hydrogens is 622 g/mol. The molecular formula is C32H22F6N2O6. The molecule has 5 rings (SSSR count). The van der Waals surface area contributed by atoms with Gasteiger partial charge in [0.05, 0.1) is 17.5 Å². The molecule has 0 aliphatic carbocycles. The van der Waals surface area contributed by atoms with Crippen LogP contribution in [0.25, 0.3) is 21.9 Å². The molecule has 238 valence electrons. The summed E-state index contributed by atoms with van der Waals surface area (Å²) in [6.45, 7) is -0.0862. The summed E-state index contributed by atoms with van der Waals surface area (Å²) in [7, 11) is 0. The number of carboxylic acids is 1. The molecule has 0 fully saturated rings. The lowest BCUT2D eigenvalue weighted by Gasteiger charge is -2.16. The molecule has 2 amide bonds. The van der Waals surface area contributed by atoms with Crippen LogP contribution in [0.2, 0.25) is 0 Å². The molecule has 0 saturated heterocycles. The normalized spacial score (nSPS) is 11.9. The minimum absolute atomic E-state index is 0.0349. The number of hydrogen-bond donors (Lipinski definition) is 3. The van der Waals surface area contributed by atoms with Gasteiger partial charge in [0.25, 0.3) is 5.91 Å². The van der Waals surface area contributed by atoms with Crippen LogP contribution in [0.5, 0.6) is 5.75 Å². The molecule has 8 nitrogen and oxygen atoms in total. The van der Waals surface area contributed by atoms with Gasteiger partial charge in [-0.1, -0.05) is 18.2 Å². The molecule has 14 heteroatoms. The van der Waals surface area contributed by atoms with Gasteiger partial charge < -0.3 is 19.6 Å². The average Bonchev–Trinajstić information content (AvgIpc) is 3.36. The zero-order valence-corrected chi connectivity index (χ0v) is 23.4. The Morgan fingerprint density at radius 1 is 0.804 bits per heavy atom. The highest BCUT2D eigenvalue weighted by molar-refractivity contribution is 6.08. The lowest BCUT2D eigenvalue weighted by Crippen LogP contribution is -2.26. The van der Waals surface area contributed by atoms with Crippen LogP contribution in [-0.2, 0) is 23.6 Å². The molecule has 1 heterocycles. The van der Waals surface area contributed by atoms with Gasteiger partial charge in [0.15, 0.2) is 0 Å². The molecule has 0 saturated carbocycles. The largest absolute Gasteiger partial charge is 0.481 e. The molecule has 0 aliphatic heterocycles. The second-order valence-corrected chi connectivity index (χ2v) is 10.1. The Morgan fingerprint density at radius 3 is 2.09 bits per heavy atom. The van der Waals surface area contributed by atoms with Crippen molar-refractivity contribution < 1.29 is 55.0 Å². The molecule has 0 aliphatic rings. The van der Waals surface area contributed by atoms with Crippen LogP contribution in [0.4, 0.5) is 36.8 Å². The fourth-order valence-electron chi connectivity index (χ4n) is 4.80. The van der Waals surface area contributed by atoms with Gasteiger partial charge in [-0.25, -0.2) is 4.79 Å². The van der Waals surface area contributed by atoms with E-state index in [9.17, 15) is 40.7 Å². The van der Waals surface area contributed by atoms with Crippen molar-refractivity contribution in [3.8, 4) is 5.75 Å². The van der Waals surface area contributed by atoms with Gasteiger partial charge in [0.1, 0.15) is 16.9 Å². The molecule has 5 aromatic rings. The van der Waals surface area contributed by atoms with Crippen molar-refractivity contribution in [1.29, 1.82) is 0 Å². The van der Waals surface area contributed by atoms with E-state index in [-0.39, 0.29) is 52.7 Å². The van der Waals surface area contributed by atoms with Gasteiger partial charge in [0.2, 0.25) is 0 Å². The number of benzene rings is 4. The summed E-state index contributed by atoms with van der Waals surface area (Å²) in [5, 5.41) is 14.4. The number of fused-ring (bicyclic) bond motifs is 3. The number of para-hydroxylation sites is 1. The summed E-state index contributed by atoms with van der Waals surface area (Å²) in [5.74, 6) is -1.76. The number of carbonyl (C=O) groups excluding carboxylic acids is 2. The number of amides is 2. The van der Waals surface area contributed by atoms with E-state index in [4.69, 9.17) is 14.3 Å². The van der Waals surface area contributed by atoms with Gasteiger partial charge in [-0.15, -0.1) is 0 Å². The van der Waals surface area contributed by atoms with Crippen molar-refractivity contribution in [1.82, 2.24) is 5.32 Å². The van der Waals surface area contributed by atoms with Crippen molar-refractivity contribution in [2.45, 2.75) is 25.2 Å². The predicted octanol–water partition coefficient (Wildman–Crippen LogP) is 8.03. The third kappa shape index (κ3) is 7.22. The highest BCUT2D eigenvalue weighted by atomic mass is 19.4. The predicted molar refractivity (Wildman–Crippen MR) is 154 cm³/mol. The van der Waals surface area contributed by atoms with Gasteiger partial charge in [-0.3, -0.25) is 14.9 Å². The third-order valence-electron chi connectivity index (χ3n) is 6.86. The summed E-state index contributed by atoms with van der Waals surface area (Å²) >= 11 is 0. The first kappa shape index (κ1) is 31.9. The molecule has 0 unspecified atom stereocenters. The first-order chi connectivity index (χ1) is 21.7. The lowest BCUT2D eigenvalue weighted by atomic mass is 9.95. The quantitative estimate of drug-likeness (QED) is 0.147. The van der Waals surface area contributed by atoms with E-state index >= 15 is 0 Å². The molecule has 1 aromatic heterocycles. The van der Waals surface area contributed by atoms with E-state index < -0.39 is 47.9 Å². The maximum atomic E-state index is 13.6. The van der Waals surface area contributed by atoms with Gasteiger partial charge in [-0.2, -0.15) is 26.3 Å². The van der Waals surface area contributed by atoms with E-state index in [0.717, 1.165) is 0 Å². The SMILES string of the molecule is O=C(O)CCNC(=O)c1ccc(NC(=O)Oc2ccc3oc4ccccc4c3c2Cc2cc(C(F)(F)F)cc(C(F)(F)F)c2)cc1. The number of aliphatic carboxylic acids is 1. The molecule has 0 bridgehead atoms. The monoisotopic (exact) mass is 644 g/mol. The number of anilines is 1. The average molecular weight is 645 g/mol. The molecule has 0 atom stereocenters. The third-order valence-corrected chi connectivity index (χ3v) is 6.86. The van der Waals surface area contributed by atoms with Gasteiger partial charge in [0, 0.05) is 40.6 Å². The Kier molecular flexibility index (Phi) is 8.64. The van der Waals surface area contributed by atoms with Crippen molar-refractivity contribution in [3.63, 3.8) is 0 Å². The molecule has 0 radical (unpaired) electrons. The Hall–Kier alpha value is -5.53. The second-order valence-electron chi connectivity index (χ2n) is 10.1. The maximum Gasteiger partial charge on any atom is 0.417 e. The number of carbonyl (C=O) groups is 3. The summed E-state index contributed by atoms with van der Waals surface area (Å²) in [5.41, 5.74) is -2.15. The standard InChI is InChI=1S/C32H22F6N2O6/c33-31(34,35)19-13-17(14-20(16-19)32(36,37)38)15-23-25(9-10-26-28(23)22-3-1-2-4-24(22)45-26)46-30(44)40-21-7-5-18(6-8-21)29(43)39-12-11-27(41)42/h1-10,13-14,16H,11-12,15H2,(H,39,43)(H,40,44)(H,41,42). The molecule has 4 aromatic carbocycles. The van der Waals surface area contributed by atoms with Crippen molar-refractivity contribution in [3.05, 3.63) is 107 Å². The van der Waals surface area contributed by atoms with Crippen LogP contribution >= 0.6 is 0 Å². The first-order valence-electron chi connectivity index (χ1n) is 13.5. The zero-order chi connectivity index (χ0) is 33.2. The number of furan rings is 1. The van der Waals surface area contributed by atoms with E-state index in [2.05, 4.69) is 10.6 Å². The summed E-state index contributed by atoms with van der Waals surface area (Å²) < 4.78 is 92.9. The van der Waals surface area contributed by atoms with Crippen LogP contribution in [0.15, 0.2) is 83.3 Å². The molecule has 3 N–H and O–H groups in total. The topological polar surface area (TPSA) is 118 Å². The first-order valence-corrected chi connectivity index (χ1v) is 13.5. The van der Waals surface area contributed by atoms with Crippen LogP contribution in [0.3, 0.4) is 0 Å². The summed E-state index contributed by atoms with van der Waals surface area (Å²) in [6, 6.07) is 16.2. The minimum atomic E-state index is -5.06. The Bertz CT molecular complexity index is 1920. The minimum Gasteiger partial charge on any atom is -0.481 e. The zero-order valence-electron chi connectivity index (χ0n) is 23.4. The number of rotatable bonds is 8.